The summed E-state index contributed by atoms with van der Waals surface area (Å²) in [4.78, 5) is 13.2. The molecule has 3 rings (SSSR count). The summed E-state index contributed by atoms with van der Waals surface area (Å²) >= 11 is 20.0. The lowest BCUT2D eigenvalue weighted by Crippen LogP contribution is -2.35. The summed E-state index contributed by atoms with van der Waals surface area (Å²) < 4.78 is 1.22. The summed E-state index contributed by atoms with van der Waals surface area (Å²) in [6.45, 7) is 0.552. The number of fused-ring (bicyclic) bond motifs is 1. The van der Waals surface area contributed by atoms with Crippen molar-refractivity contribution in [3.63, 3.8) is 0 Å². The smallest absolute Gasteiger partial charge is 0.321 e. The third-order valence-electron chi connectivity index (χ3n) is 3.37. The minimum absolute atomic E-state index is 0.106. The molecule has 3 nitrogen and oxygen atoms in total. The first-order valence-electron chi connectivity index (χ1n) is 6.19. The first-order chi connectivity index (χ1) is 9.95. The fraction of sp³-hybridized carbons (Fsp3) is 0.214. The Kier molecular flexibility index (Phi) is 4.06. The summed E-state index contributed by atoms with van der Waals surface area (Å²) in [5.74, 6) is 0. The maximum absolute atomic E-state index is 11.6. The molecule has 1 N–H and O–H groups in total. The van der Waals surface area contributed by atoms with Crippen LogP contribution in [0.1, 0.15) is 22.1 Å². The van der Waals surface area contributed by atoms with Gasteiger partial charge in [0.15, 0.2) is 0 Å². The number of alkyl halides is 1. The van der Waals surface area contributed by atoms with Gasteiger partial charge in [-0.3, -0.25) is 0 Å². The molecule has 7 heteroatoms. The molecule has 1 aliphatic heterocycles. The lowest BCUT2D eigenvalue weighted by atomic mass is 10.0. The van der Waals surface area contributed by atoms with E-state index in [2.05, 4.69) is 5.32 Å². The van der Waals surface area contributed by atoms with Crippen LogP contribution in [0.2, 0.25) is 8.67 Å². The number of amides is 2. The molecule has 1 unspecified atom stereocenters. The zero-order valence-electron chi connectivity index (χ0n) is 11.0. The van der Waals surface area contributed by atoms with Crippen molar-refractivity contribution in [3.05, 3.63) is 49.6 Å². The van der Waals surface area contributed by atoms with Crippen molar-refractivity contribution in [2.24, 2.45) is 0 Å². The predicted octanol–water partition coefficient (Wildman–Crippen LogP) is 5.36. The van der Waals surface area contributed by atoms with Crippen molar-refractivity contribution in [1.82, 2.24) is 4.90 Å². The number of rotatable bonds is 2. The number of carbonyl (C=O) groups is 1. The van der Waals surface area contributed by atoms with Crippen LogP contribution in [-0.2, 0) is 6.54 Å². The molecule has 0 fully saturated rings. The lowest BCUT2D eigenvalue weighted by Gasteiger charge is -2.26. The van der Waals surface area contributed by atoms with Crippen LogP contribution in [0.3, 0.4) is 0 Å². The molecule has 0 bridgehead atoms. The van der Waals surface area contributed by atoms with Crippen LogP contribution >= 0.6 is 46.1 Å². The average molecular weight is 362 g/mol. The molecular formula is C14H11Cl3N2OS. The monoisotopic (exact) mass is 360 g/mol. The van der Waals surface area contributed by atoms with E-state index in [1.54, 1.807) is 18.0 Å². The standard InChI is InChI=1S/C14H11Cl3N2OS/c1-19-6-8-4-7(2-3-10(8)18-14(19)20)12(16)9-5-11(15)21-13(9)17/h2-5,12H,6H2,1H3,(H,18,20). The topological polar surface area (TPSA) is 32.3 Å². The zero-order chi connectivity index (χ0) is 15.1. The number of benzene rings is 1. The fourth-order valence-electron chi connectivity index (χ4n) is 2.27. The summed E-state index contributed by atoms with van der Waals surface area (Å²) in [6.07, 6.45) is 0. The highest BCUT2D eigenvalue weighted by atomic mass is 35.5. The summed E-state index contributed by atoms with van der Waals surface area (Å²) in [5.41, 5.74) is 3.58. The SMILES string of the molecule is CN1Cc2cc(C(Cl)c3cc(Cl)sc3Cl)ccc2NC1=O. The van der Waals surface area contributed by atoms with Crippen molar-refractivity contribution >= 4 is 57.9 Å². The molecule has 1 aliphatic rings. The van der Waals surface area contributed by atoms with Gasteiger partial charge in [0.1, 0.15) is 0 Å². The van der Waals surface area contributed by atoms with E-state index in [9.17, 15) is 4.79 Å². The van der Waals surface area contributed by atoms with Crippen LogP contribution < -0.4 is 5.32 Å². The maximum atomic E-state index is 11.6. The Labute approximate surface area is 141 Å². The van der Waals surface area contributed by atoms with Crippen LogP contribution in [0.5, 0.6) is 0 Å². The summed E-state index contributed by atoms with van der Waals surface area (Å²) in [7, 11) is 1.75. The molecule has 0 spiro atoms. The second-order valence-corrected chi connectivity index (χ2v) is 7.57. The van der Waals surface area contributed by atoms with E-state index in [1.807, 2.05) is 18.2 Å². The molecule has 1 aromatic heterocycles. The van der Waals surface area contributed by atoms with Crippen LogP contribution in [-0.4, -0.2) is 18.0 Å². The van der Waals surface area contributed by atoms with Crippen molar-refractivity contribution < 1.29 is 4.79 Å². The van der Waals surface area contributed by atoms with Gasteiger partial charge in [0.05, 0.1) is 14.0 Å². The number of nitrogens with one attached hydrogen (secondary N) is 1. The number of halogens is 3. The highest BCUT2D eigenvalue weighted by Crippen LogP contribution is 2.41. The van der Waals surface area contributed by atoms with Gasteiger partial charge in [0.25, 0.3) is 0 Å². The molecule has 2 amide bonds. The van der Waals surface area contributed by atoms with Crippen molar-refractivity contribution in [3.8, 4) is 0 Å². The number of hydrogen-bond donors (Lipinski definition) is 1. The normalized spacial score (nSPS) is 15.6. The molecule has 0 radical (unpaired) electrons. The largest absolute Gasteiger partial charge is 0.323 e. The summed E-state index contributed by atoms with van der Waals surface area (Å²) in [6, 6.07) is 7.44. The van der Waals surface area contributed by atoms with Crippen molar-refractivity contribution in [2.45, 2.75) is 11.9 Å². The van der Waals surface area contributed by atoms with Gasteiger partial charge < -0.3 is 10.2 Å². The number of nitrogens with zero attached hydrogens (tertiary/aromatic N) is 1. The van der Waals surface area contributed by atoms with E-state index in [0.717, 1.165) is 22.4 Å². The van der Waals surface area contributed by atoms with Gasteiger partial charge in [-0.15, -0.1) is 22.9 Å². The Morgan fingerprint density at radius 2 is 2.10 bits per heavy atom. The average Bonchev–Trinajstić information content (AvgIpc) is 2.78. The highest BCUT2D eigenvalue weighted by molar-refractivity contribution is 7.20. The number of anilines is 1. The Morgan fingerprint density at radius 1 is 1.33 bits per heavy atom. The van der Waals surface area contributed by atoms with E-state index >= 15 is 0 Å². The van der Waals surface area contributed by atoms with Gasteiger partial charge >= 0.3 is 6.03 Å². The zero-order valence-corrected chi connectivity index (χ0v) is 14.1. The van der Waals surface area contributed by atoms with Gasteiger partial charge in [-0.2, -0.15) is 0 Å². The van der Waals surface area contributed by atoms with E-state index in [4.69, 9.17) is 34.8 Å². The maximum Gasteiger partial charge on any atom is 0.321 e. The van der Waals surface area contributed by atoms with Gasteiger partial charge in [-0.25, -0.2) is 4.79 Å². The molecule has 1 atom stereocenters. The first kappa shape index (κ1) is 15.0. The minimum Gasteiger partial charge on any atom is -0.323 e. The Bertz CT molecular complexity index is 716. The summed E-state index contributed by atoms with van der Waals surface area (Å²) in [5, 5.41) is 2.46. The molecule has 0 saturated heterocycles. The number of hydrogen-bond acceptors (Lipinski definition) is 2. The van der Waals surface area contributed by atoms with Crippen molar-refractivity contribution in [1.29, 1.82) is 0 Å². The number of carbonyl (C=O) groups excluding carboxylic acids is 1. The van der Waals surface area contributed by atoms with Crippen LogP contribution in [0.15, 0.2) is 24.3 Å². The van der Waals surface area contributed by atoms with E-state index < -0.39 is 0 Å². The van der Waals surface area contributed by atoms with Gasteiger partial charge in [0.2, 0.25) is 0 Å². The van der Waals surface area contributed by atoms with E-state index in [1.165, 1.54) is 11.3 Å². The molecular weight excluding hydrogens is 351 g/mol. The Hall–Kier alpha value is -0.940. The van der Waals surface area contributed by atoms with E-state index in [0.29, 0.717) is 15.2 Å². The Morgan fingerprint density at radius 3 is 2.76 bits per heavy atom. The van der Waals surface area contributed by atoms with Crippen LogP contribution in [0.25, 0.3) is 0 Å². The first-order valence-corrected chi connectivity index (χ1v) is 8.20. The van der Waals surface area contributed by atoms with Gasteiger partial charge in [0, 0.05) is 24.8 Å². The van der Waals surface area contributed by atoms with Crippen LogP contribution in [0.4, 0.5) is 10.5 Å². The quantitative estimate of drug-likeness (QED) is 0.717. The predicted molar refractivity (Wildman–Crippen MR) is 89.0 cm³/mol. The molecule has 0 aliphatic carbocycles. The van der Waals surface area contributed by atoms with Gasteiger partial charge in [-0.1, -0.05) is 35.3 Å². The molecule has 2 heterocycles. The third kappa shape index (κ3) is 2.86. The number of urea groups is 1. The van der Waals surface area contributed by atoms with E-state index in [-0.39, 0.29) is 11.4 Å². The molecule has 2 aromatic rings. The molecule has 0 saturated carbocycles. The second-order valence-electron chi connectivity index (χ2n) is 4.84. The van der Waals surface area contributed by atoms with Crippen LogP contribution in [0, 0.1) is 0 Å². The Balaban J connectivity index is 1.95. The molecule has 1 aromatic carbocycles. The third-order valence-corrected chi connectivity index (χ3v) is 5.38. The highest BCUT2D eigenvalue weighted by Gasteiger charge is 2.22. The second kappa shape index (κ2) is 5.69. The molecule has 110 valence electrons. The van der Waals surface area contributed by atoms with Crippen molar-refractivity contribution in [2.75, 3.05) is 12.4 Å². The van der Waals surface area contributed by atoms with Gasteiger partial charge in [-0.05, 0) is 23.3 Å². The lowest BCUT2D eigenvalue weighted by molar-refractivity contribution is 0.218. The molecule has 21 heavy (non-hydrogen) atoms. The minimum atomic E-state index is -0.366. The number of thiophene rings is 1. The fourth-order valence-corrected chi connectivity index (χ4v) is 4.23.